The number of aliphatic carboxylic acids is 1. The summed E-state index contributed by atoms with van der Waals surface area (Å²) in [5, 5.41) is 8.46. The topological polar surface area (TPSA) is 37.3 Å². The molecule has 0 aromatic heterocycles. The van der Waals surface area contributed by atoms with Crippen LogP contribution in [0, 0.1) is 11.8 Å². The van der Waals surface area contributed by atoms with Gasteiger partial charge in [0.15, 0.2) is 0 Å². The van der Waals surface area contributed by atoms with Gasteiger partial charge in [0, 0.05) is 6.42 Å². The predicted molar refractivity (Wildman–Crippen MR) is 40.9 cm³/mol. The summed E-state index contributed by atoms with van der Waals surface area (Å²) in [6.07, 6.45) is 1.28. The van der Waals surface area contributed by atoms with E-state index in [-0.39, 0.29) is 0 Å². The third-order valence-electron chi connectivity index (χ3n) is 1.90. The summed E-state index contributed by atoms with van der Waals surface area (Å²) in [4.78, 5) is 10.3. The van der Waals surface area contributed by atoms with Gasteiger partial charge in [0.05, 0.1) is 0 Å². The molecule has 1 N–H and O–H groups in total. The summed E-state index contributed by atoms with van der Waals surface area (Å²) in [7, 11) is 0. The minimum Gasteiger partial charge on any atom is -0.481 e. The van der Waals surface area contributed by atoms with Crippen LogP contribution in [0.5, 0.6) is 0 Å². The number of hydrogen-bond donors (Lipinski definition) is 1. The van der Waals surface area contributed by atoms with Gasteiger partial charge in [0.1, 0.15) is 0 Å². The molecule has 0 aromatic rings. The van der Waals surface area contributed by atoms with Crippen LogP contribution in [0.4, 0.5) is 0 Å². The van der Waals surface area contributed by atoms with E-state index in [1.54, 1.807) is 0 Å². The van der Waals surface area contributed by atoms with Crippen molar-refractivity contribution in [3.8, 4) is 0 Å². The Balaban J connectivity index is 3.71. The smallest absolute Gasteiger partial charge is 0.303 e. The van der Waals surface area contributed by atoms with E-state index < -0.39 is 5.97 Å². The molecule has 0 saturated heterocycles. The molecule has 0 heterocycles. The summed E-state index contributed by atoms with van der Waals surface area (Å²) in [6, 6.07) is 0. The second-order valence-electron chi connectivity index (χ2n) is 3.01. The van der Waals surface area contributed by atoms with Crippen molar-refractivity contribution in [3.63, 3.8) is 0 Å². The van der Waals surface area contributed by atoms with E-state index in [0.29, 0.717) is 18.3 Å². The lowest BCUT2D eigenvalue weighted by molar-refractivity contribution is -0.138. The molecule has 0 aliphatic heterocycles. The van der Waals surface area contributed by atoms with Gasteiger partial charge >= 0.3 is 5.97 Å². The van der Waals surface area contributed by atoms with E-state index in [9.17, 15) is 4.79 Å². The molecule has 60 valence electrons. The fourth-order valence-corrected chi connectivity index (χ4v) is 1.08. The van der Waals surface area contributed by atoms with Gasteiger partial charge in [-0.25, -0.2) is 0 Å². The number of rotatable bonds is 4. The van der Waals surface area contributed by atoms with E-state index in [1.165, 1.54) is 0 Å². The van der Waals surface area contributed by atoms with Crippen molar-refractivity contribution in [1.29, 1.82) is 0 Å². The van der Waals surface area contributed by atoms with Crippen LogP contribution < -0.4 is 0 Å². The molecule has 0 aliphatic carbocycles. The Kier molecular flexibility index (Phi) is 4.08. The third kappa shape index (κ3) is 3.49. The lowest BCUT2D eigenvalue weighted by Crippen LogP contribution is -2.12. The zero-order valence-corrected chi connectivity index (χ0v) is 6.92. The zero-order chi connectivity index (χ0) is 8.15. The first-order valence-electron chi connectivity index (χ1n) is 3.79. The summed E-state index contributed by atoms with van der Waals surface area (Å²) < 4.78 is 0. The summed E-state index contributed by atoms with van der Waals surface area (Å²) >= 11 is 0. The number of carbonyl (C=O) groups is 1. The molecule has 0 unspecified atom stereocenters. The monoisotopic (exact) mass is 144 g/mol. The SMILES string of the molecule is CC[C@@H](CC(=O)O)C(C)C. The summed E-state index contributed by atoms with van der Waals surface area (Å²) in [6.45, 7) is 6.17. The van der Waals surface area contributed by atoms with Gasteiger partial charge in [-0.1, -0.05) is 27.2 Å². The predicted octanol–water partition coefficient (Wildman–Crippen LogP) is 2.14. The van der Waals surface area contributed by atoms with Crippen LogP contribution in [-0.2, 0) is 4.79 Å². The van der Waals surface area contributed by atoms with Gasteiger partial charge in [-0.15, -0.1) is 0 Å². The summed E-state index contributed by atoms with van der Waals surface area (Å²) in [5.41, 5.74) is 0. The van der Waals surface area contributed by atoms with E-state index in [4.69, 9.17) is 5.11 Å². The highest BCUT2D eigenvalue weighted by Gasteiger charge is 2.13. The van der Waals surface area contributed by atoms with Crippen LogP contribution in [0.15, 0.2) is 0 Å². The van der Waals surface area contributed by atoms with Crippen LogP contribution >= 0.6 is 0 Å². The lowest BCUT2D eigenvalue weighted by atomic mass is 9.90. The molecular formula is C8H16O2. The third-order valence-corrected chi connectivity index (χ3v) is 1.90. The Labute approximate surface area is 62.2 Å². The highest BCUT2D eigenvalue weighted by Crippen LogP contribution is 2.18. The van der Waals surface area contributed by atoms with Crippen LogP contribution in [0.1, 0.15) is 33.6 Å². The Morgan fingerprint density at radius 1 is 1.50 bits per heavy atom. The quantitative estimate of drug-likeness (QED) is 0.656. The lowest BCUT2D eigenvalue weighted by Gasteiger charge is -2.15. The minimum atomic E-state index is -0.680. The van der Waals surface area contributed by atoms with Gasteiger partial charge in [0.25, 0.3) is 0 Å². The van der Waals surface area contributed by atoms with E-state index in [1.807, 2.05) is 6.92 Å². The molecule has 0 fully saturated rings. The average Bonchev–Trinajstić information content (AvgIpc) is 1.81. The number of carboxylic acid groups (broad SMARTS) is 1. The number of hydrogen-bond acceptors (Lipinski definition) is 1. The molecule has 2 heteroatoms. The molecule has 2 nitrogen and oxygen atoms in total. The molecule has 0 radical (unpaired) electrons. The normalized spacial score (nSPS) is 13.6. The maximum Gasteiger partial charge on any atom is 0.303 e. The van der Waals surface area contributed by atoms with Crippen molar-refractivity contribution in [2.45, 2.75) is 33.6 Å². The average molecular weight is 144 g/mol. The largest absolute Gasteiger partial charge is 0.481 e. The second-order valence-corrected chi connectivity index (χ2v) is 3.01. The second kappa shape index (κ2) is 4.31. The van der Waals surface area contributed by atoms with Crippen LogP contribution in [-0.4, -0.2) is 11.1 Å². The fraction of sp³-hybridized carbons (Fsp3) is 0.875. The Morgan fingerprint density at radius 3 is 2.10 bits per heavy atom. The molecule has 0 aromatic carbocycles. The maximum absolute atomic E-state index is 10.3. The Morgan fingerprint density at radius 2 is 2.00 bits per heavy atom. The molecular weight excluding hydrogens is 128 g/mol. The standard InChI is InChI=1S/C8H16O2/c1-4-7(6(2)3)5-8(9)10/h6-7H,4-5H2,1-3H3,(H,9,10)/t7-/m0/s1. The highest BCUT2D eigenvalue weighted by molar-refractivity contribution is 5.67. The van der Waals surface area contributed by atoms with Gasteiger partial charge in [-0.2, -0.15) is 0 Å². The molecule has 0 aliphatic rings. The first-order valence-corrected chi connectivity index (χ1v) is 3.79. The van der Waals surface area contributed by atoms with Crippen LogP contribution in [0.25, 0.3) is 0 Å². The number of carboxylic acids is 1. The van der Waals surface area contributed by atoms with Crippen LogP contribution in [0.3, 0.4) is 0 Å². The van der Waals surface area contributed by atoms with Crippen molar-refractivity contribution in [2.75, 3.05) is 0 Å². The van der Waals surface area contributed by atoms with Gasteiger partial charge in [-0.3, -0.25) is 4.79 Å². The van der Waals surface area contributed by atoms with Crippen LogP contribution in [0.2, 0.25) is 0 Å². The molecule has 0 saturated carbocycles. The molecule has 0 spiro atoms. The fourth-order valence-electron chi connectivity index (χ4n) is 1.08. The highest BCUT2D eigenvalue weighted by atomic mass is 16.4. The summed E-state index contributed by atoms with van der Waals surface area (Å²) in [5.74, 6) is 0.152. The Hall–Kier alpha value is -0.530. The van der Waals surface area contributed by atoms with E-state index in [0.717, 1.165) is 6.42 Å². The molecule has 0 rings (SSSR count). The van der Waals surface area contributed by atoms with Gasteiger partial charge in [0.2, 0.25) is 0 Å². The zero-order valence-electron chi connectivity index (χ0n) is 6.92. The van der Waals surface area contributed by atoms with Gasteiger partial charge < -0.3 is 5.11 Å². The van der Waals surface area contributed by atoms with Crippen molar-refractivity contribution < 1.29 is 9.90 Å². The molecule has 1 atom stereocenters. The Bertz CT molecular complexity index is 108. The minimum absolute atomic E-state index is 0.314. The molecule has 0 bridgehead atoms. The van der Waals surface area contributed by atoms with E-state index >= 15 is 0 Å². The van der Waals surface area contributed by atoms with E-state index in [2.05, 4.69) is 13.8 Å². The maximum atomic E-state index is 10.3. The first kappa shape index (κ1) is 9.47. The van der Waals surface area contributed by atoms with Crippen molar-refractivity contribution in [2.24, 2.45) is 11.8 Å². The molecule has 0 amide bonds. The first-order chi connectivity index (χ1) is 4.57. The molecule has 10 heavy (non-hydrogen) atoms. The van der Waals surface area contributed by atoms with Gasteiger partial charge in [-0.05, 0) is 11.8 Å². The van der Waals surface area contributed by atoms with Crippen molar-refractivity contribution in [1.82, 2.24) is 0 Å². The van der Waals surface area contributed by atoms with Crippen molar-refractivity contribution in [3.05, 3.63) is 0 Å². The van der Waals surface area contributed by atoms with Crippen molar-refractivity contribution >= 4 is 5.97 Å².